The van der Waals surface area contributed by atoms with Crippen LogP contribution >= 0.6 is 0 Å². The van der Waals surface area contributed by atoms with E-state index in [1.54, 1.807) is 6.92 Å². The van der Waals surface area contributed by atoms with Gasteiger partial charge in [0.2, 0.25) is 5.91 Å². The molecule has 1 aliphatic rings. The van der Waals surface area contributed by atoms with E-state index in [-0.39, 0.29) is 41.3 Å². The first-order valence-corrected chi connectivity index (χ1v) is 15.4. The number of carbonyl (C=O) groups is 4. The quantitative estimate of drug-likeness (QED) is 0.143. The second-order valence-electron chi connectivity index (χ2n) is 12.0. The average molecular weight is 586 g/mol. The molecule has 1 fully saturated rings. The van der Waals surface area contributed by atoms with Gasteiger partial charge in [-0.05, 0) is 62.8 Å². The molecule has 42 heavy (non-hydrogen) atoms. The number of allylic oxidation sites excluding steroid dienone is 2. The minimum absolute atomic E-state index is 0.000437. The van der Waals surface area contributed by atoms with E-state index in [1.807, 2.05) is 57.2 Å². The minimum atomic E-state index is -0.738. The normalized spacial score (nSPS) is 18.4. The largest absolute Gasteiger partial charge is 0.464 e. The zero-order valence-corrected chi connectivity index (χ0v) is 26.0. The Balaban J connectivity index is 1.79. The maximum absolute atomic E-state index is 13.5. The third-order valence-electron chi connectivity index (χ3n) is 7.67. The summed E-state index contributed by atoms with van der Waals surface area (Å²) in [5.41, 5.74) is 3.98. The van der Waals surface area contributed by atoms with E-state index in [9.17, 15) is 24.3 Å². The molecule has 3 N–H and O–H groups in total. The van der Waals surface area contributed by atoms with Gasteiger partial charge in [-0.1, -0.05) is 70.2 Å². The smallest absolute Gasteiger partial charge is 0.324 e. The predicted molar refractivity (Wildman–Crippen MR) is 163 cm³/mol. The summed E-state index contributed by atoms with van der Waals surface area (Å²) in [5, 5.41) is 14.6. The van der Waals surface area contributed by atoms with Gasteiger partial charge in [0.1, 0.15) is 17.9 Å². The van der Waals surface area contributed by atoms with Crippen LogP contribution < -0.4 is 10.7 Å². The molecule has 2 rings (SSSR count). The van der Waals surface area contributed by atoms with Crippen molar-refractivity contribution in [3.05, 3.63) is 48.0 Å². The minimum Gasteiger partial charge on any atom is -0.464 e. The van der Waals surface area contributed by atoms with E-state index >= 15 is 0 Å². The summed E-state index contributed by atoms with van der Waals surface area (Å²) < 4.78 is 5.50. The molecule has 234 valence electrons. The van der Waals surface area contributed by atoms with Crippen LogP contribution in [-0.2, 0) is 30.3 Å². The van der Waals surface area contributed by atoms with Crippen LogP contribution in [0.3, 0.4) is 0 Å². The van der Waals surface area contributed by atoms with Gasteiger partial charge in [0.15, 0.2) is 0 Å². The highest BCUT2D eigenvalue weighted by atomic mass is 16.5. The number of ether oxygens (including phenoxy) is 1. The molecule has 9 nitrogen and oxygen atoms in total. The number of ketones is 1. The number of hydrazine groups is 1. The summed E-state index contributed by atoms with van der Waals surface area (Å²) in [6.45, 7) is 9.86. The molecule has 2 amide bonds. The molecule has 1 aromatic carbocycles. The van der Waals surface area contributed by atoms with Crippen molar-refractivity contribution < 1.29 is 29.0 Å². The molecule has 1 aliphatic heterocycles. The van der Waals surface area contributed by atoms with Crippen molar-refractivity contribution in [2.24, 2.45) is 17.8 Å². The van der Waals surface area contributed by atoms with Crippen LogP contribution in [-0.4, -0.2) is 65.0 Å². The Morgan fingerprint density at radius 2 is 1.81 bits per heavy atom. The number of nitrogens with zero attached hydrogens (tertiary/aromatic N) is 1. The van der Waals surface area contributed by atoms with Gasteiger partial charge in [-0.15, -0.1) is 0 Å². The van der Waals surface area contributed by atoms with Gasteiger partial charge in [0, 0.05) is 25.3 Å². The van der Waals surface area contributed by atoms with Crippen molar-refractivity contribution in [1.29, 1.82) is 0 Å². The fraction of sp³-hybridized carbons (Fsp3) is 0.636. The number of hydrogen-bond acceptors (Lipinski definition) is 7. The third kappa shape index (κ3) is 12.4. The third-order valence-corrected chi connectivity index (χ3v) is 7.67. The summed E-state index contributed by atoms with van der Waals surface area (Å²) in [6.07, 6.45) is 8.45. The lowest BCUT2D eigenvalue weighted by molar-refractivity contribution is -0.153. The van der Waals surface area contributed by atoms with Crippen LogP contribution in [0.5, 0.6) is 0 Å². The molecule has 0 aliphatic carbocycles. The van der Waals surface area contributed by atoms with Gasteiger partial charge in [-0.3, -0.25) is 24.2 Å². The maximum Gasteiger partial charge on any atom is 0.324 e. The van der Waals surface area contributed by atoms with Crippen molar-refractivity contribution in [3.8, 4) is 0 Å². The summed E-state index contributed by atoms with van der Waals surface area (Å²) >= 11 is 0. The number of aliphatic hydroxyl groups excluding tert-OH is 1. The Morgan fingerprint density at radius 3 is 2.48 bits per heavy atom. The first-order chi connectivity index (χ1) is 20.0. The first-order valence-electron chi connectivity index (χ1n) is 15.4. The SMILES string of the molecule is CC(=O)[C@H](C)[C@H](O)[C@@H](C)C/C=C/CCCCOC(=O)[C@@H]1CCCN(C(=O)[C@H](Cc2ccccc2)NC(=O)CC(C)C)N1. The highest BCUT2D eigenvalue weighted by Gasteiger charge is 2.33. The summed E-state index contributed by atoms with van der Waals surface area (Å²) in [7, 11) is 0. The molecular weight excluding hydrogens is 534 g/mol. The lowest BCUT2D eigenvalue weighted by Gasteiger charge is -2.35. The van der Waals surface area contributed by atoms with E-state index < -0.39 is 18.2 Å². The Hall–Kier alpha value is -3.04. The Morgan fingerprint density at radius 1 is 1.10 bits per heavy atom. The van der Waals surface area contributed by atoms with Crippen molar-refractivity contribution in [1.82, 2.24) is 15.8 Å². The fourth-order valence-corrected chi connectivity index (χ4v) is 4.92. The average Bonchev–Trinajstić information content (AvgIpc) is 2.96. The number of aliphatic hydroxyl groups is 1. The molecular formula is C33H51N3O6. The van der Waals surface area contributed by atoms with Gasteiger partial charge < -0.3 is 15.2 Å². The van der Waals surface area contributed by atoms with E-state index in [0.29, 0.717) is 51.7 Å². The number of esters is 1. The van der Waals surface area contributed by atoms with Crippen LogP contribution in [0, 0.1) is 17.8 Å². The maximum atomic E-state index is 13.5. The monoisotopic (exact) mass is 585 g/mol. The number of Topliss-reactive ketones (excluding diaryl/α,β-unsaturated/α-hetero) is 1. The second-order valence-corrected chi connectivity index (χ2v) is 12.0. The van der Waals surface area contributed by atoms with Crippen LogP contribution in [0.1, 0.15) is 85.1 Å². The standard InChI is InChI=1S/C33H51N3O6/c1-23(2)21-30(38)34-29(22-27-16-11-9-12-17-27)32(40)36-19-14-18-28(35-36)33(41)42-20-13-8-6-7-10-15-24(3)31(39)25(4)26(5)37/h7,9-12,16-17,23-25,28-29,31,35,39H,6,8,13-15,18-22H2,1-5H3,(H,34,38)/b10-7+/t24-,25-,28-,29-,31+/m0/s1. The topological polar surface area (TPSA) is 125 Å². The Bertz CT molecular complexity index is 1030. The second kappa shape index (κ2) is 18.5. The van der Waals surface area contributed by atoms with E-state index in [0.717, 1.165) is 18.4 Å². The van der Waals surface area contributed by atoms with Gasteiger partial charge >= 0.3 is 5.97 Å². The molecule has 9 heteroatoms. The van der Waals surface area contributed by atoms with E-state index in [2.05, 4.69) is 16.8 Å². The molecule has 0 aromatic heterocycles. The summed E-state index contributed by atoms with van der Waals surface area (Å²) in [6, 6.07) is 8.21. The molecule has 1 saturated heterocycles. The lowest BCUT2D eigenvalue weighted by atomic mass is 9.89. The number of amides is 2. The number of hydrogen-bond donors (Lipinski definition) is 3. The molecule has 0 spiro atoms. The van der Waals surface area contributed by atoms with Crippen LogP contribution in [0.25, 0.3) is 0 Å². The number of nitrogens with one attached hydrogen (secondary N) is 2. The number of rotatable bonds is 17. The van der Waals surface area contributed by atoms with Gasteiger partial charge in [0.25, 0.3) is 5.91 Å². The first kappa shape index (κ1) is 35.2. The molecule has 0 saturated carbocycles. The van der Waals surface area contributed by atoms with Crippen molar-refractivity contribution >= 4 is 23.6 Å². The molecule has 0 bridgehead atoms. The molecule has 1 aromatic rings. The number of benzene rings is 1. The molecule has 0 unspecified atom stereocenters. The summed E-state index contributed by atoms with van der Waals surface area (Å²) in [5.74, 6) is -1.01. The summed E-state index contributed by atoms with van der Waals surface area (Å²) in [4.78, 5) is 50.2. The van der Waals surface area contributed by atoms with Crippen molar-refractivity contribution in [2.45, 2.75) is 104 Å². The van der Waals surface area contributed by atoms with E-state index in [1.165, 1.54) is 11.9 Å². The van der Waals surface area contributed by atoms with Crippen LogP contribution in [0.4, 0.5) is 0 Å². The Labute approximate surface area is 251 Å². The van der Waals surface area contributed by atoms with Crippen molar-refractivity contribution in [2.75, 3.05) is 13.2 Å². The fourth-order valence-electron chi connectivity index (χ4n) is 4.92. The molecule has 0 radical (unpaired) electrons. The zero-order chi connectivity index (χ0) is 31.1. The Kier molecular flexibility index (Phi) is 15.5. The van der Waals surface area contributed by atoms with Gasteiger partial charge in [-0.25, -0.2) is 5.43 Å². The molecule has 1 heterocycles. The highest BCUT2D eigenvalue weighted by molar-refractivity contribution is 5.88. The predicted octanol–water partition coefficient (Wildman–Crippen LogP) is 4.14. The lowest BCUT2D eigenvalue weighted by Crippen LogP contribution is -2.60. The van der Waals surface area contributed by atoms with Crippen LogP contribution in [0.2, 0.25) is 0 Å². The number of unbranched alkanes of at least 4 members (excludes halogenated alkanes) is 2. The molecule has 5 atom stereocenters. The van der Waals surface area contributed by atoms with Gasteiger partial charge in [0.05, 0.1) is 12.7 Å². The van der Waals surface area contributed by atoms with Crippen molar-refractivity contribution in [3.63, 3.8) is 0 Å². The highest BCUT2D eigenvalue weighted by Crippen LogP contribution is 2.18. The zero-order valence-electron chi connectivity index (χ0n) is 26.0. The number of carbonyl (C=O) groups excluding carboxylic acids is 4. The van der Waals surface area contributed by atoms with Crippen LogP contribution in [0.15, 0.2) is 42.5 Å². The van der Waals surface area contributed by atoms with E-state index in [4.69, 9.17) is 4.74 Å². The van der Waals surface area contributed by atoms with Gasteiger partial charge in [-0.2, -0.15) is 0 Å².